The van der Waals surface area contributed by atoms with Crippen LogP contribution in [0.1, 0.15) is 26.3 Å². The van der Waals surface area contributed by atoms with Crippen LogP contribution in [-0.4, -0.2) is 11.8 Å². The van der Waals surface area contributed by atoms with Crippen LogP contribution in [0, 0.1) is 0 Å². The third-order valence-corrected chi connectivity index (χ3v) is 5.18. The molecule has 1 heterocycles. The number of ether oxygens (including phenoxy) is 2. The summed E-state index contributed by atoms with van der Waals surface area (Å²) in [7, 11) is 0. The molecule has 1 aliphatic heterocycles. The molecule has 0 atom stereocenters. The molecule has 0 unspecified atom stereocenters. The van der Waals surface area contributed by atoms with E-state index in [1.54, 1.807) is 48.5 Å². The lowest BCUT2D eigenvalue weighted by Crippen LogP contribution is -2.08. The molecule has 32 heavy (non-hydrogen) atoms. The molecule has 4 nitrogen and oxygen atoms in total. The molecule has 0 N–H and O–H groups in total. The van der Waals surface area contributed by atoms with Crippen molar-refractivity contribution in [1.82, 2.24) is 0 Å². The summed E-state index contributed by atoms with van der Waals surface area (Å²) < 4.78 is 11.2. The summed E-state index contributed by atoms with van der Waals surface area (Å²) in [5.41, 5.74) is 3.97. The van der Waals surface area contributed by atoms with Gasteiger partial charge in [0, 0.05) is 6.07 Å². The predicted molar refractivity (Wildman–Crippen MR) is 123 cm³/mol. The Morgan fingerprint density at radius 1 is 0.750 bits per heavy atom. The number of esters is 1. The molecule has 1 aliphatic rings. The van der Waals surface area contributed by atoms with Crippen LogP contribution in [0.2, 0.25) is 0 Å². The Bertz CT molecular complexity index is 1320. The molecule has 0 radical (unpaired) electrons. The molecule has 0 fully saturated rings. The van der Waals surface area contributed by atoms with Gasteiger partial charge in [-0.25, -0.2) is 4.79 Å². The zero-order valence-electron chi connectivity index (χ0n) is 17.0. The maximum absolute atomic E-state index is 12.7. The van der Waals surface area contributed by atoms with Gasteiger partial charge < -0.3 is 9.47 Å². The molecule has 0 amide bonds. The van der Waals surface area contributed by atoms with E-state index in [1.165, 1.54) is 0 Å². The zero-order valence-corrected chi connectivity index (χ0v) is 17.0. The van der Waals surface area contributed by atoms with Crippen molar-refractivity contribution in [3.05, 3.63) is 126 Å². The minimum absolute atomic E-state index is 0.201. The Hall–Kier alpha value is -4.44. The Balaban J connectivity index is 1.34. The third kappa shape index (κ3) is 3.94. The Morgan fingerprint density at radius 2 is 1.41 bits per heavy atom. The van der Waals surface area contributed by atoms with Gasteiger partial charge in [-0.3, -0.25) is 4.79 Å². The van der Waals surface area contributed by atoms with Crippen molar-refractivity contribution in [3.63, 3.8) is 0 Å². The highest BCUT2D eigenvalue weighted by Crippen LogP contribution is 2.35. The Morgan fingerprint density at radius 3 is 2.12 bits per heavy atom. The van der Waals surface area contributed by atoms with E-state index in [4.69, 9.17) is 9.47 Å². The van der Waals surface area contributed by atoms with E-state index in [0.717, 1.165) is 16.7 Å². The van der Waals surface area contributed by atoms with E-state index >= 15 is 0 Å². The Kier molecular flexibility index (Phi) is 5.10. The summed E-state index contributed by atoms with van der Waals surface area (Å²) in [5, 5.41) is 0. The Labute approximate surface area is 185 Å². The van der Waals surface area contributed by atoms with Crippen molar-refractivity contribution in [2.24, 2.45) is 0 Å². The van der Waals surface area contributed by atoms with Crippen LogP contribution >= 0.6 is 0 Å². The number of hydrogen-bond donors (Lipinski definition) is 0. The van der Waals surface area contributed by atoms with Gasteiger partial charge >= 0.3 is 5.97 Å². The second kappa shape index (κ2) is 8.36. The first-order chi connectivity index (χ1) is 15.7. The van der Waals surface area contributed by atoms with Crippen molar-refractivity contribution >= 4 is 17.8 Å². The number of hydrogen-bond acceptors (Lipinski definition) is 4. The maximum atomic E-state index is 12.7. The molecule has 4 heteroatoms. The highest BCUT2D eigenvalue weighted by molar-refractivity contribution is 6.14. The second-order valence-electron chi connectivity index (χ2n) is 7.34. The average Bonchev–Trinajstić information content (AvgIpc) is 3.15. The lowest BCUT2D eigenvalue weighted by molar-refractivity contribution is 0.0734. The molecule has 0 aromatic heterocycles. The summed E-state index contributed by atoms with van der Waals surface area (Å²) in [6.07, 6.45) is 1.72. The average molecular weight is 418 g/mol. The van der Waals surface area contributed by atoms with E-state index in [9.17, 15) is 9.59 Å². The minimum atomic E-state index is -0.468. The SMILES string of the molecule is O=C(Oc1ccc2c(c1)OC(=Cc1ccc(-c3ccccc3)cc1)C2=O)c1ccccc1. The van der Waals surface area contributed by atoms with Gasteiger partial charge in [0.15, 0.2) is 5.76 Å². The highest BCUT2D eigenvalue weighted by atomic mass is 16.5. The molecule has 154 valence electrons. The molecule has 0 spiro atoms. The van der Waals surface area contributed by atoms with Crippen LogP contribution in [0.3, 0.4) is 0 Å². The van der Waals surface area contributed by atoms with Gasteiger partial charge in [-0.05, 0) is 47.0 Å². The summed E-state index contributed by atoms with van der Waals surface area (Å²) in [6, 6.07) is 31.5. The number of carbonyl (C=O) groups excluding carboxylic acids is 2. The highest BCUT2D eigenvalue weighted by Gasteiger charge is 2.28. The summed E-state index contributed by atoms with van der Waals surface area (Å²) >= 11 is 0. The van der Waals surface area contributed by atoms with E-state index in [1.807, 2.05) is 48.5 Å². The van der Waals surface area contributed by atoms with E-state index in [-0.39, 0.29) is 11.5 Å². The van der Waals surface area contributed by atoms with Gasteiger partial charge in [0.25, 0.3) is 0 Å². The summed E-state index contributed by atoms with van der Waals surface area (Å²) in [6.45, 7) is 0. The van der Waals surface area contributed by atoms with Crippen molar-refractivity contribution in [2.75, 3.05) is 0 Å². The molecule has 5 rings (SSSR count). The fraction of sp³-hybridized carbons (Fsp3) is 0. The molecule has 0 saturated heterocycles. The lowest BCUT2D eigenvalue weighted by atomic mass is 10.0. The van der Waals surface area contributed by atoms with Gasteiger partial charge in [0.2, 0.25) is 5.78 Å². The first-order valence-electron chi connectivity index (χ1n) is 10.2. The van der Waals surface area contributed by atoms with Crippen LogP contribution in [0.15, 0.2) is 109 Å². The van der Waals surface area contributed by atoms with Crippen LogP contribution < -0.4 is 9.47 Å². The number of rotatable bonds is 4. The topological polar surface area (TPSA) is 52.6 Å². The number of fused-ring (bicyclic) bond motifs is 1. The van der Waals surface area contributed by atoms with Gasteiger partial charge in [-0.15, -0.1) is 0 Å². The van der Waals surface area contributed by atoms with Gasteiger partial charge in [0.05, 0.1) is 11.1 Å². The fourth-order valence-corrected chi connectivity index (χ4v) is 3.52. The van der Waals surface area contributed by atoms with Crippen molar-refractivity contribution in [1.29, 1.82) is 0 Å². The molecule has 0 bridgehead atoms. The van der Waals surface area contributed by atoms with Crippen molar-refractivity contribution in [3.8, 4) is 22.6 Å². The normalized spacial score (nSPS) is 13.5. The predicted octanol–water partition coefficient (Wildman–Crippen LogP) is 6.19. The molecular weight excluding hydrogens is 400 g/mol. The number of benzene rings is 4. The van der Waals surface area contributed by atoms with E-state index < -0.39 is 5.97 Å². The smallest absolute Gasteiger partial charge is 0.343 e. The van der Waals surface area contributed by atoms with Crippen molar-refractivity contribution < 1.29 is 19.1 Å². The molecule has 4 aromatic carbocycles. The van der Waals surface area contributed by atoms with Crippen LogP contribution in [0.25, 0.3) is 17.2 Å². The van der Waals surface area contributed by atoms with Gasteiger partial charge in [-0.2, -0.15) is 0 Å². The molecule has 0 saturated carbocycles. The van der Waals surface area contributed by atoms with E-state index in [0.29, 0.717) is 22.6 Å². The fourth-order valence-electron chi connectivity index (χ4n) is 3.52. The monoisotopic (exact) mass is 418 g/mol. The van der Waals surface area contributed by atoms with Crippen molar-refractivity contribution in [2.45, 2.75) is 0 Å². The second-order valence-corrected chi connectivity index (χ2v) is 7.34. The first kappa shape index (κ1) is 19.5. The largest absolute Gasteiger partial charge is 0.452 e. The number of allylic oxidation sites excluding steroid dienone is 1. The summed E-state index contributed by atoms with van der Waals surface area (Å²) in [4.78, 5) is 25.0. The van der Waals surface area contributed by atoms with E-state index in [2.05, 4.69) is 12.1 Å². The van der Waals surface area contributed by atoms with Crippen LogP contribution in [0.5, 0.6) is 11.5 Å². The van der Waals surface area contributed by atoms with Gasteiger partial charge in [0.1, 0.15) is 11.5 Å². The zero-order chi connectivity index (χ0) is 21.9. The quantitative estimate of drug-likeness (QED) is 0.225. The van der Waals surface area contributed by atoms with Crippen LogP contribution in [0.4, 0.5) is 0 Å². The van der Waals surface area contributed by atoms with Gasteiger partial charge in [-0.1, -0.05) is 72.8 Å². The number of ketones is 1. The van der Waals surface area contributed by atoms with Crippen LogP contribution in [-0.2, 0) is 0 Å². The number of Topliss-reactive ketones (excluding diaryl/α,β-unsaturated/α-hetero) is 1. The molecular formula is C28H18O4. The maximum Gasteiger partial charge on any atom is 0.343 e. The minimum Gasteiger partial charge on any atom is -0.452 e. The molecule has 0 aliphatic carbocycles. The number of carbonyl (C=O) groups is 2. The lowest BCUT2D eigenvalue weighted by Gasteiger charge is -2.05. The standard InChI is InChI=1S/C28H18O4/c29-27-24-16-15-23(31-28(30)22-9-5-2-6-10-22)18-25(24)32-26(27)17-19-11-13-21(14-12-19)20-7-3-1-4-8-20/h1-18H. The third-order valence-electron chi connectivity index (χ3n) is 5.18. The molecule has 4 aromatic rings. The first-order valence-corrected chi connectivity index (χ1v) is 10.2. The summed E-state index contributed by atoms with van der Waals surface area (Å²) in [5.74, 6) is 0.260.